The maximum Gasteiger partial charge on any atom is 0.240 e. The molecule has 2 aromatic heterocycles. The Hall–Kier alpha value is -1.54. The van der Waals surface area contributed by atoms with Crippen molar-refractivity contribution in [2.45, 2.75) is 26.8 Å². The first-order chi connectivity index (χ1) is 9.74. The molecule has 1 aliphatic heterocycles. The number of nitrogens with zero attached hydrogens (tertiary/aromatic N) is 6. The largest absolute Gasteiger partial charge is 0.344 e. The summed E-state index contributed by atoms with van der Waals surface area (Å²) in [5.41, 5.74) is 0. The lowest BCUT2D eigenvalue weighted by molar-refractivity contribution is 0.215. The molecule has 0 atom stereocenters. The molecule has 0 aliphatic carbocycles. The summed E-state index contributed by atoms with van der Waals surface area (Å²) in [6, 6.07) is 0. The van der Waals surface area contributed by atoms with Crippen LogP contribution in [0.25, 0.3) is 0 Å². The first-order valence-corrected chi connectivity index (χ1v) is 7.61. The Morgan fingerprint density at radius 1 is 1.20 bits per heavy atom. The Bertz CT molecular complexity index is 560. The summed E-state index contributed by atoms with van der Waals surface area (Å²) in [5, 5.41) is 4.95. The van der Waals surface area contributed by atoms with Crippen LogP contribution in [0.15, 0.2) is 4.52 Å². The Labute approximate surface area is 121 Å². The lowest BCUT2D eigenvalue weighted by atomic mass is 10.3. The van der Waals surface area contributed by atoms with Crippen LogP contribution >= 0.6 is 11.5 Å². The summed E-state index contributed by atoms with van der Waals surface area (Å²) in [7, 11) is 0. The van der Waals surface area contributed by atoms with Crippen molar-refractivity contribution in [1.82, 2.24) is 24.4 Å². The van der Waals surface area contributed by atoms with Crippen LogP contribution in [-0.4, -0.2) is 50.6 Å². The normalized spacial score (nSPS) is 16.8. The summed E-state index contributed by atoms with van der Waals surface area (Å²) in [5.74, 6) is 2.34. The average molecular weight is 294 g/mol. The van der Waals surface area contributed by atoms with Gasteiger partial charge in [0.1, 0.15) is 5.82 Å². The van der Waals surface area contributed by atoms with E-state index in [4.69, 9.17) is 4.52 Å². The quantitative estimate of drug-likeness (QED) is 0.836. The third-order valence-electron chi connectivity index (χ3n) is 3.34. The predicted molar refractivity (Wildman–Crippen MR) is 75.8 cm³/mol. The standard InChI is InChI=1S/C12H18N6OS/c1-3-10-14-11(19-15-10)8-17-4-6-18(7-5-17)12-13-9(2)16-20-12/h3-8H2,1-2H3. The van der Waals surface area contributed by atoms with Gasteiger partial charge in [-0.15, -0.1) is 0 Å². The van der Waals surface area contributed by atoms with E-state index >= 15 is 0 Å². The van der Waals surface area contributed by atoms with Crippen molar-refractivity contribution in [3.05, 3.63) is 17.5 Å². The first kappa shape index (κ1) is 13.4. The smallest absolute Gasteiger partial charge is 0.240 e. The number of hydrogen-bond donors (Lipinski definition) is 0. The lowest BCUT2D eigenvalue weighted by Gasteiger charge is -2.33. The number of rotatable bonds is 4. The van der Waals surface area contributed by atoms with Gasteiger partial charge in [-0.05, 0) is 6.92 Å². The summed E-state index contributed by atoms with van der Waals surface area (Å²) < 4.78 is 9.47. The Morgan fingerprint density at radius 2 is 2.00 bits per heavy atom. The van der Waals surface area contributed by atoms with Crippen molar-refractivity contribution in [3.63, 3.8) is 0 Å². The highest BCUT2D eigenvalue weighted by atomic mass is 32.1. The molecule has 0 amide bonds. The molecule has 0 aromatic carbocycles. The Kier molecular flexibility index (Phi) is 3.93. The molecule has 8 heteroatoms. The molecule has 0 radical (unpaired) electrons. The summed E-state index contributed by atoms with van der Waals surface area (Å²) in [6.07, 6.45) is 0.813. The zero-order chi connectivity index (χ0) is 13.9. The topological polar surface area (TPSA) is 71.2 Å². The van der Waals surface area contributed by atoms with E-state index in [0.29, 0.717) is 5.89 Å². The van der Waals surface area contributed by atoms with E-state index in [9.17, 15) is 0 Å². The van der Waals surface area contributed by atoms with Crippen molar-refractivity contribution in [3.8, 4) is 0 Å². The van der Waals surface area contributed by atoms with Crippen LogP contribution in [0.3, 0.4) is 0 Å². The first-order valence-electron chi connectivity index (χ1n) is 6.83. The zero-order valence-electron chi connectivity index (χ0n) is 11.7. The van der Waals surface area contributed by atoms with Gasteiger partial charge in [-0.3, -0.25) is 4.90 Å². The van der Waals surface area contributed by atoms with Crippen molar-refractivity contribution in [2.24, 2.45) is 0 Å². The van der Waals surface area contributed by atoms with E-state index in [1.165, 1.54) is 11.5 Å². The van der Waals surface area contributed by atoms with Gasteiger partial charge in [0, 0.05) is 44.1 Å². The number of hydrogen-bond acceptors (Lipinski definition) is 8. The number of aryl methyl sites for hydroxylation is 2. The fraction of sp³-hybridized carbons (Fsp3) is 0.667. The van der Waals surface area contributed by atoms with Gasteiger partial charge in [0.15, 0.2) is 5.82 Å². The second kappa shape index (κ2) is 5.84. The molecule has 3 heterocycles. The molecule has 2 aromatic rings. The van der Waals surface area contributed by atoms with Crippen LogP contribution in [0.4, 0.5) is 5.13 Å². The van der Waals surface area contributed by atoms with Gasteiger partial charge in [0.2, 0.25) is 11.0 Å². The molecule has 1 saturated heterocycles. The van der Waals surface area contributed by atoms with Gasteiger partial charge in [0.25, 0.3) is 0 Å². The molecular weight excluding hydrogens is 276 g/mol. The molecule has 0 saturated carbocycles. The van der Waals surface area contributed by atoms with Crippen molar-refractivity contribution in [1.29, 1.82) is 0 Å². The van der Waals surface area contributed by atoms with Gasteiger partial charge in [-0.2, -0.15) is 9.36 Å². The zero-order valence-corrected chi connectivity index (χ0v) is 12.6. The lowest BCUT2D eigenvalue weighted by Crippen LogP contribution is -2.46. The molecule has 3 rings (SSSR count). The highest BCUT2D eigenvalue weighted by Crippen LogP contribution is 2.19. The monoisotopic (exact) mass is 294 g/mol. The van der Waals surface area contributed by atoms with Crippen molar-refractivity contribution < 1.29 is 4.52 Å². The van der Waals surface area contributed by atoms with Crippen LogP contribution in [0, 0.1) is 6.92 Å². The summed E-state index contributed by atoms with van der Waals surface area (Å²) in [4.78, 5) is 13.4. The molecule has 20 heavy (non-hydrogen) atoms. The van der Waals surface area contributed by atoms with Gasteiger partial charge < -0.3 is 9.42 Å². The molecule has 0 spiro atoms. The maximum absolute atomic E-state index is 5.24. The molecule has 0 unspecified atom stereocenters. The Balaban J connectivity index is 1.53. The average Bonchev–Trinajstić information content (AvgIpc) is 3.09. The SMILES string of the molecule is CCc1noc(CN2CCN(c3nc(C)ns3)CC2)n1. The second-order valence-corrected chi connectivity index (χ2v) is 5.58. The summed E-state index contributed by atoms with van der Waals surface area (Å²) in [6.45, 7) is 8.56. The van der Waals surface area contributed by atoms with E-state index in [-0.39, 0.29) is 0 Å². The molecule has 0 N–H and O–H groups in total. The second-order valence-electron chi connectivity index (χ2n) is 4.85. The molecule has 0 bridgehead atoms. The van der Waals surface area contributed by atoms with E-state index in [2.05, 4.69) is 29.3 Å². The summed E-state index contributed by atoms with van der Waals surface area (Å²) >= 11 is 1.47. The molecule has 7 nitrogen and oxygen atoms in total. The predicted octanol–water partition coefficient (Wildman–Crippen LogP) is 1.11. The van der Waals surface area contributed by atoms with E-state index in [1.807, 2.05) is 13.8 Å². The van der Waals surface area contributed by atoms with Crippen LogP contribution < -0.4 is 4.90 Å². The minimum atomic E-state index is 0.710. The molecular formula is C12H18N6OS. The Morgan fingerprint density at radius 3 is 2.60 bits per heavy atom. The number of piperazine rings is 1. The fourth-order valence-electron chi connectivity index (χ4n) is 2.20. The molecule has 108 valence electrons. The maximum atomic E-state index is 5.24. The van der Waals surface area contributed by atoms with Crippen LogP contribution in [-0.2, 0) is 13.0 Å². The number of anilines is 1. The van der Waals surface area contributed by atoms with Crippen molar-refractivity contribution in [2.75, 3.05) is 31.1 Å². The van der Waals surface area contributed by atoms with Gasteiger partial charge in [-0.25, -0.2) is 4.98 Å². The number of aromatic nitrogens is 4. The van der Waals surface area contributed by atoms with E-state index in [1.54, 1.807) is 0 Å². The minimum Gasteiger partial charge on any atom is -0.344 e. The third kappa shape index (κ3) is 2.96. The highest BCUT2D eigenvalue weighted by molar-refractivity contribution is 7.09. The minimum absolute atomic E-state index is 0.710. The van der Waals surface area contributed by atoms with E-state index in [0.717, 1.165) is 55.9 Å². The molecule has 1 fully saturated rings. The van der Waals surface area contributed by atoms with E-state index < -0.39 is 0 Å². The molecule has 1 aliphatic rings. The van der Waals surface area contributed by atoms with Crippen LogP contribution in [0.2, 0.25) is 0 Å². The van der Waals surface area contributed by atoms with Gasteiger partial charge >= 0.3 is 0 Å². The highest BCUT2D eigenvalue weighted by Gasteiger charge is 2.21. The van der Waals surface area contributed by atoms with Crippen LogP contribution in [0.5, 0.6) is 0 Å². The van der Waals surface area contributed by atoms with Crippen LogP contribution in [0.1, 0.15) is 24.5 Å². The fourth-order valence-corrected chi connectivity index (χ4v) is 2.93. The third-order valence-corrected chi connectivity index (χ3v) is 4.21. The van der Waals surface area contributed by atoms with Gasteiger partial charge in [-0.1, -0.05) is 12.1 Å². The van der Waals surface area contributed by atoms with Gasteiger partial charge in [0.05, 0.1) is 6.54 Å². The van der Waals surface area contributed by atoms with Crippen molar-refractivity contribution >= 4 is 16.7 Å².